The first-order valence-electron chi connectivity index (χ1n) is 6.60. The van der Waals surface area contributed by atoms with Gasteiger partial charge in [0.05, 0.1) is 34.5 Å². The number of nitrogens with one attached hydrogen (secondary N) is 1. The van der Waals surface area contributed by atoms with Gasteiger partial charge in [0.2, 0.25) is 0 Å². The number of esters is 1. The topological polar surface area (TPSA) is 98.1 Å². The monoisotopic (exact) mass is 299 g/mol. The van der Waals surface area contributed by atoms with Crippen molar-refractivity contribution in [2.45, 2.75) is 13.8 Å². The van der Waals surface area contributed by atoms with Gasteiger partial charge >= 0.3 is 5.97 Å². The minimum absolute atomic E-state index is 0.0402. The minimum atomic E-state index is -0.512. The van der Waals surface area contributed by atoms with E-state index in [9.17, 15) is 14.9 Å². The highest BCUT2D eigenvalue weighted by Gasteiger charge is 2.23. The molecule has 0 saturated heterocycles. The lowest BCUT2D eigenvalue weighted by molar-refractivity contribution is -0.383. The van der Waals surface area contributed by atoms with Crippen LogP contribution in [0.1, 0.15) is 21.7 Å². The molecule has 3 rings (SSSR count). The first kappa shape index (κ1) is 14.0. The van der Waals surface area contributed by atoms with Crippen molar-refractivity contribution in [1.82, 2.24) is 9.97 Å². The Morgan fingerprint density at radius 2 is 2.00 bits per heavy atom. The maximum atomic E-state index is 12.1. The number of hydrogen-bond acceptors (Lipinski definition) is 5. The summed E-state index contributed by atoms with van der Waals surface area (Å²) in [5.41, 5.74) is 2.48. The van der Waals surface area contributed by atoms with Crippen LogP contribution < -0.4 is 0 Å². The van der Waals surface area contributed by atoms with Crippen molar-refractivity contribution < 1.29 is 14.5 Å². The van der Waals surface area contributed by atoms with Crippen LogP contribution >= 0.6 is 0 Å². The van der Waals surface area contributed by atoms with E-state index in [4.69, 9.17) is 4.74 Å². The number of benzene rings is 1. The van der Waals surface area contributed by atoms with Gasteiger partial charge in [-0.15, -0.1) is 0 Å². The molecule has 0 aliphatic carbocycles. The molecule has 7 heteroatoms. The molecule has 0 unspecified atom stereocenters. The molecule has 0 atom stereocenters. The SMILES string of the molecule is COC(=O)c1c(C)nc(C)c2[nH]c3c([N+](=O)[O-])cccc3c12. The van der Waals surface area contributed by atoms with Crippen molar-refractivity contribution in [3.8, 4) is 0 Å². The summed E-state index contributed by atoms with van der Waals surface area (Å²) in [6, 6.07) is 4.76. The molecule has 2 aromatic heterocycles. The number of nitro groups is 1. The number of nitro benzene ring substituents is 1. The third-order valence-corrected chi connectivity index (χ3v) is 3.71. The van der Waals surface area contributed by atoms with Crippen molar-refractivity contribution in [3.63, 3.8) is 0 Å². The molecule has 1 N–H and O–H groups in total. The van der Waals surface area contributed by atoms with Gasteiger partial charge in [0, 0.05) is 16.8 Å². The highest BCUT2D eigenvalue weighted by Crippen LogP contribution is 2.35. The number of rotatable bonds is 2. The number of aryl methyl sites for hydroxylation is 2. The molecular formula is C15H13N3O4. The molecule has 1 aromatic carbocycles. The number of H-pyrrole nitrogens is 1. The normalized spacial score (nSPS) is 11.0. The molecule has 0 bridgehead atoms. The van der Waals surface area contributed by atoms with E-state index in [0.717, 1.165) is 0 Å². The Bertz CT molecular complexity index is 943. The van der Waals surface area contributed by atoms with E-state index in [2.05, 4.69) is 9.97 Å². The average Bonchev–Trinajstić information content (AvgIpc) is 2.86. The van der Waals surface area contributed by atoms with Crippen LogP contribution in [0.15, 0.2) is 18.2 Å². The number of ether oxygens (including phenoxy) is 1. The Labute approximate surface area is 125 Å². The summed E-state index contributed by atoms with van der Waals surface area (Å²) < 4.78 is 4.83. The first-order chi connectivity index (χ1) is 10.5. The number of fused-ring (bicyclic) bond motifs is 3. The number of carbonyl (C=O) groups is 1. The van der Waals surface area contributed by atoms with E-state index in [0.29, 0.717) is 38.8 Å². The quantitative estimate of drug-likeness (QED) is 0.445. The fourth-order valence-electron chi connectivity index (χ4n) is 2.78. The molecule has 3 aromatic rings. The molecule has 22 heavy (non-hydrogen) atoms. The van der Waals surface area contributed by atoms with E-state index >= 15 is 0 Å². The van der Waals surface area contributed by atoms with Gasteiger partial charge in [-0.1, -0.05) is 12.1 Å². The summed E-state index contributed by atoms with van der Waals surface area (Å²) in [4.78, 5) is 30.2. The zero-order valence-electron chi connectivity index (χ0n) is 12.3. The standard InChI is InChI=1S/C15H13N3O4/c1-7-11(15(19)22-3)12-9-5-4-6-10(18(20)21)14(9)17-13(12)8(2)16-7/h4-6,17H,1-3H3. The molecule has 0 saturated carbocycles. The molecule has 7 nitrogen and oxygen atoms in total. The molecule has 112 valence electrons. The van der Waals surface area contributed by atoms with Crippen LogP contribution in [-0.4, -0.2) is 28.0 Å². The van der Waals surface area contributed by atoms with Gasteiger partial charge in [-0.05, 0) is 13.8 Å². The van der Waals surface area contributed by atoms with Gasteiger partial charge in [0.25, 0.3) is 5.69 Å². The molecule has 2 heterocycles. The zero-order chi connectivity index (χ0) is 16.0. The number of carbonyl (C=O) groups excluding carboxylic acids is 1. The number of aromatic nitrogens is 2. The third kappa shape index (κ3) is 1.82. The number of para-hydroxylation sites is 1. The summed E-state index contributed by atoms with van der Waals surface area (Å²) in [5, 5.41) is 12.4. The Morgan fingerprint density at radius 3 is 2.64 bits per heavy atom. The van der Waals surface area contributed by atoms with Gasteiger partial charge in [-0.3, -0.25) is 15.1 Å². The zero-order valence-corrected chi connectivity index (χ0v) is 12.3. The smallest absolute Gasteiger partial charge is 0.340 e. The third-order valence-electron chi connectivity index (χ3n) is 3.71. The number of hydrogen-bond donors (Lipinski definition) is 1. The van der Waals surface area contributed by atoms with Gasteiger partial charge < -0.3 is 9.72 Å². The number of non-ortho nitro benzene ring substituents is 1. The lowest BCUT2D eigenvalue weighted by atomic mass is 10.0. The van der Waals surface area contributed by atoms with Crippen LogP contribution in [0.5, 0.6) is 0 Å². The van der Waals surface area contributed by atoms with Gasteiger partial charge in [-0.25, -0.2) is 4.79 Å². The molecule has 0 aliphatic heterocycles. The molecule has 0 amide bonds. The predicted molar refractivity (Wildman–Crippen MR) is 81.1 cm³/mol. The second-order valence-corrected chi connectivity index (χ2v) is 4.98. The predicted octanol–water partition coefficient (Wildman–Crippen LogP) is 3.03. The number of methoxy groups -OCH3 is 1. The molecule has 0 radical (unpaired) electrons. The van der Waals surface area contributed by atoms with Crippen LogP contribution in [0.3, 0.4) is 0 Å². The summed E-state index contributed by atoms with van der Waals surface area (Å²) in [7, 11) is 1.30. The van der Waals surface area contributed by atoms with Gasteiger partial charge in [0.1, 0.15) is 5.52 Å². The summed E-state index contributed by atoms with van der Waals surface area (Å²) in [5.74, 6) is -0.512. The van der Waals surface area contributed by atoms with Crippen LogP contribution in [0.25, 0.3) is 21.8 Å². The Kier molecular flexibility index (Phi) is 3.05. The van der Waals surface area contributed by atoms with Gasteiger partial charge in [0.15, 0.2) is 0 Å². The van der Waals surface area contributed by atoms with Gasteiger partial charge in [-0.2, -0.15) is 0 Å². The van der Waals surface area contributed by atoms with E-state index in [1.807, 2.05) is 0 Å². The fourth-order valence-corrected chi connectivity index (χ4v) is 2.78. The van der Waals surface area contributed by atoms with Crippen molar-refractivity contribution in [1.29, 1.82) is 0 Å². The maximum Gasteiger partial charge on any atom is 0.340 e. The molecule has 0 aliphatic rings. The van der Waals surface area contributed by atoms with Crippen LogP contribution in [0, 0.1) is 24.0 Å². The van der Waals surface area contributed by atoms with Crippen molar-refractivity contribution in [3.05, 3.63) is 45.3 Å². The minimum Gasteiger partial charge on any atom is -0.465 e. The highest BCUT2D eigenvalue weighted by atomic mass is 16.6. The Morgan fingerprint density at radius 1 is 1.27 bits per heavy atom. The fraction of sp³-hybridized carbons (Fsp3) is 0.200. The van der Waals surface area contributed by atoms with E-state index in [1.165, 1.54) is 13.2 Å². The Hall–Kier alpha value is -2.96. The molecular weight excluding hydrogens is 286 g/mol. The second kappa shape index (κ2) is 4.80. The average molecular weight is 299 g/mol. The number of pyridine rings is 1. The van der Waals surface area contributed by atoms with Crippen molar-refractivity contribution >= 4 is 33.5 Å². The number of aromatic amines is 1. The second-order valence-electron chi connectivity index (χ2n) is 4.98. The lowest BCUT2D eigenvalue weighted by Crippen LogP contribution is -2.07. The number of nitrogens with zero attached hydrogens (tertiary/aromatic N) is 2. The molecule has 0 fully saturated rings. The summed E-state index contributed by atoms with van der Waals surface area (Å²) in [6.45, 7) is 3.51. The largest absolute Gasteiger partial charge is 0.465 e. The summed E-state index contributed by atoms with van der Waals surface area (Å²) in [6.07, 6.45) is 0. The molecule has 0 spiro atoms. The van der Waals surface area contributed by atoms with Crippen molar-refractivity contribution in [2.24, 2.45) is 0 Å². The van der Waals surface area contributed by atoms with Crippen LogP contribution in [-0.2, 0) is 4.74 Å². The Balaban J connectivity index is 2.57. The van der Waals surface area contributed by atoms with Crippen LogP contribution in [0.4, 0.5) is 5.69 Å². The lowest BCUT2D eigenvalue weighted by Gasteiger charge is -2.07. The summed E-state index contributed by atoms with van der Waals surface area (Å²) >= 11 is 0. The maximum absolute atomic E-state index is 12.1. The first-order valence-corrected chi connectivity index (χ1v) is 6.60. The van der Waals surface area contributed by atoms with Crippen LogP contribution in [0.2, 0.25) is 0 Å². The highest BCUT2D eigenvalue weighted by molar-refractivity contribution is 6.18. The van der Waals surface area contributed by atoms with E-state index in [-0.39, 0.29) is 5.69 Å². The van der Waals surface area contributed by atoms with E-state index in [1.54, 1.807) is 26.0 Å². The van der Waals surface area contributed by atoms with E-state index < -0.39 is 10.9 Å². The van der Waals surface area contributed by atoms with Crippen molar-refractivity contribution in [2.75, 3.05) is 7.11 Å².